The molecule has 2 aliphatic rings. The number of benzene rings is 1. The molecule has 1 aliphatic carbocycles. The molecule has 202 valence electrons. The Balaban J connectivity index is 1.62. The van der Waals surface area contributed by atoms with E-state index < -0.39 is 6.09 Å². The molecule has 0 spiro atoms. The van der Waals surface area contributed by atoms with Crippen LogP contribution in [0.1, 0.15) is 63.0 Å². The van der Waals surface area contributed by atoms with E-state index >= 15 is 0 Å². The molecule has 36 heavy (non-hydrogen) atoms. The first-order valence-corrected chi connectivity index (χ1v) is 13.8. The van der Waals surface area contributed by atoms with Gasteiger partial charge in [0.1, 0.15) is 6.61 Å². The van der Waals surface area contributed by atoms with Crippen LogP contribution in [-0.4, -0.2) is 70.0 Å². The summed E-state index contributed by atoms with van der Waals surface area (Å²) in [6, 6.07) is 7.80. The summed E-state index contributed by atoms with van der Waals surface area (Å²) in [5, 5.41) is 9.65. The lowest BCUT2D eigenvalue weighted by Gasteiger charge is -2.38. The summed E-state index contributed by atoms with van der Waals surface area (Å²) in [5.74, 6) is 0.813. The third kappa shape index (κ3) is 9.12. The van der Waals surface area contributed by atoms with Crippen molar-refractivity contribution in [1.29, 1.82) is 0 Å². The van der Waals surface area contributed by atoms with Gasteiger partial charge in [-0.3, -0.25) is 0 Å². The van der Waals surface area contributed by atoms with Gasteiger partial charge >= 0.3 is 12.1 Å². The molecule has 1 aromatic carbocycles. The molecule has 1 aliphatic heterocycles. The van der Waals surface area contributed by atoms with Gasteiger partial charge in [0, 0.05) is 43.7 Å². The zero-order valence-corrected chi connectivity index (χ0v) is 22.5. The van der Waals surface area contributed by atoms with E-state index in [1.807, 2.05) is 36.2 Å². The average molecular weight is 523 g/mol. The number of alkyl carbamates (subject to hydrolysis) is 1. The molecule has 3 amide bonds. The lowest BCUT2D eigenvalue weighted by Crippen LogP contribution is -2.52. The molecule has 1 saturated heterocycles. The van der Waals surface area contributed by atoms with E-state index in [2.05, 4.69) is 16.0 Å². The average Bonchev–Trinajstić information content (AvgIpc) is 2.89. The molecule has 1 heterocycles. The Hall–Kier alpha value is -2.03. The van der Waals surface area contributed by atoms with Crippen molar-refractivity contribution in [3.05, 3.63) is 34.9 Å². The molecule has 8 nitrogen and oxygen atoms in total. The molecule has 9 heteroatoms. The highest BCUT2D eigenvalue weighted by Gasteiger charge is 2.32. The Bertz CT molecular complexity index is 821. The van der Waals surface area contributed by atoms with Gasteiger partial charge in [0.05, 0.1) is 12.7 Å². The van der Waals surface area contributed by atoms with Gasteiger partial charge in [0.25, 0.3) is 0 Å². The molecular weight excluding hydrogens is 480 g/mol. The van der Waals surface area contributed by atoms with Crippen molar-refractivity contribution in [1.82, 2.24) is 20.9 Å². The van der Waals surface area contributed by atoms with Crippen molar-refractivity contribution in [2.45, 2.75) is 63.5 Å². The lowest BCUT2D eigenvalue weighted by atomic mass is 9.85. The number of hydrogen-bond acceptors (Lipinski definition) is 5. The molecular formula is C27H43ClN4O4. The highest BCUT2D eigenvalue weighted by atomic mass is 35.5. The molecule has 3 atom stereocenters. The van der Waals surface area contributed by atoms with Crippen LogP contribution in [0.2, 0.25) is 5.02 Å². The van der Waals surface area contributed by atoms with Gasteiger partial charge in [-0.25, -0.2) is 9.59 Å². The maximum absolute atomic E-state index is 13.3. The predicted octanol–water partition coefficient (Wildman–Crippen LogP) is 4.73. The summed E-state index contributed by atoms with van der Waals surface area (Å²) in [4.78, 5) is 26.6. The third-order valence-electron chi connectivity index (χ3n) is 7.29. The third-order valence-corrected chi connectivity index (χ3v) is 7.52. The largest absolute Gasteiger partial charge is 0.447 e. The molecule has 0 radical (unpaired) electrons. The Morgan fingerprint density at radius 2 is 1.92 bits per heavy atom. The second-order valence-electron chi connectivity index (χ2n) is 10.0. The van der Waals surface area contributed by atoms with Crippen LogP contribution in [0.25, 0.3) is 0 Å². The Labute approximate surface area is 220 Å². The molecule has 0 bridgehead atoms. The molecule has 3 rings (SSSR count). The molecule has 2 fully saturated rings. The Kier molecular flexibility index (Phi) is 12.1. The number of likely N-dealkylation sites (tertiary alicyclic amines) is 1. The van der Waals surface area contributed by atoms with Gasteiger partial charge in [0.2, 0.25) is 0 Å². The summed E-state index contributed by atoms with van der Waals surface area (Å²) in [6.45, 7) is 2.54. The number of rotatable bonds is 11. The van der Waals surface area contributed by atoms with E-state index in [1.165, 1.54) is 39.2 Å². The number of amides is 3. The highest BCUT2D eigenvalue weighted by molar-refractivity contribution is 6.30. The summed E-state index contributed by atoms with van der Waals surface area (Å²) < 4.78 is 11.3. The van der Waals surface area contributed by atoms with E-state index in [0.717, 1.165) is 37.9 Å². The smallest absolute Gasteiger partial charge is 0.406 e. The van der Waals surface area contributed by atoms with Crippen molar-refractivity contribution in [3.8, 4) is 0 Å². The fourth-order valence-corrected chi connectivity index (χ4v) is 5.74. The van der Waals surface area contributed by atoms with Crippen molar-refractivity contribution in [3.63, 3.8) is 0 Å². The van der Waals surface area contributed by atoms with Crippen molar-refractivity contribution < 1.29 is 19.1 Å². The van der Waals surface area contributed by atoms with E-state index in [0.29, 0.717) is 17.5 Å². The minimum Gasteiger partial charge on any atom is -0.447 e. The van der Waals surface area contributed by atoms with Gasteiger partial charge in [-0.05, 0) is 49.9 Å². The van der Waals surface area contributed by atoms with Crippen molar-refractivity contribution in [2.75, 3.05) is 46.9 Å². The summed E-state index contributed by atoms with van der Waals surface area (Å²) in [6.07, 6.45) is 8.63. The number of carbonyl (C=O) groups excluding carboxylic acids is 2. The number of likely N-dealkylation sites (N-methyl/N-ethyl adjacent to an activating group) is 1. The Morgan fingerprint density at radius 3 is 2.64 bits per heavy atom. The minimum absolute atomic E-state index is 0.00329. The predicted molar refractivity (Wildman–Crippen MR) is 142 cm³/mol. The number of nitrogens with one attached hydrogen (secondary N) is 3. The first-order chi connectivity index (χ1) is 17.5. The second-order valence-corrected chi connectivity index (χ2v) is 10.5. The number of piperidine rings is 1. The van der Waals surface area contributed by atoms with Gasteiger partial charge in [-0.1, -0.05) is 55.8 Å². The van der Waals surface area contributed by atoms with E-state index in [-0.39, 0.29) is 37.3 Å². The van der Waals surface area contributed by atoms with Crippen molar-refractivity contribution in [2.24, 2.45) is 11.8 Å². The minimum atomic E-state index is -0.484. The van der Waals surface area contributed by atoms with Gasteiger partial charge in [-0.2, -0.15) is 0 Å². The van der Waals surface area contributed by atoms with Crippen LogP contribution in [0, 0.1) is 11.8 Å². The van der Waals surface area contributed by atoms with E-state index in [4.69, 9.17) is 21.1 Å². The molecule has 0 aromatic heterocycles. The number of urea groups is 1. The van der Waals surface area contributed by atoms with Crippen LogP contribution >= 0.6 is 11.6 Å². The summed E-state index contributed by atoms with van der Waals surface area (Å²) >= 11 is 6.28. The first-order valence-electron chi connectivity index (χ1n) is 13.4. The van der Waals surface area contributed by atoms with Crippen molar-refractivity contribution >= 4 is 23.7 Å². The molecule has 3 N–H and O–H groups in total. The van der Waals surface area contributed by atoms with E-state index in [1.54, 1.807) is 0 Å². The van der Waals surface area contributed by atoms with Crippen LogP contribution in [0.3, 0.4) is 0 Å². The monoisotopic (exact) mass is 522 g/mol. The maximum Gasteiger partial charge on any atom is 0.406 e. The van der Waals surface area contributed by atoms with Crippen LogP contribution in [-0.2, 0) is 9.47 Å². The lowest BCUT2D eigenvalue weighted by molar-refractivity contribution is -0.0263. The van der Waals surface area contributed by atoms with Crippen LogP contribution in [0.15, 0.2) is 24.3 Å². The van der Waals surface area contributed by atoms with Gasteiger partial charge in [0.15, 0.2) is 0 Å². The second kappa shape index (κ2) is 15.3. The number of nitrogens with zero attached hydrogens (tertiary/aromatic N) is 1. The first kappa shape index (κ1) is 28.5. The fourth-order valence-electron chi connectivity index (χ4n) is 5.54. The molecule has 1 saturated carbocycles. The quantitative estimate of drug-likeness (QED) is 0.365. The topological polar surface area (TPSA) is 91.9 Å². The fraction of sp³-hybridized carbons (Fsp3) is 0.704. The maximum atomic E-state index is 13.3. The van der Waals surface area contributed by atoms with Crippen LogP contribution < -0.4 is 16.0 Å². The molecule has 1 unspecified atom stereocenters. The standard InChI is InChI=1S/C27H43ClN4O4/c1-29-18-24(16-20-8-4-3-5-9-20)31-26(33)32-13-7-11-22(19-32)25(21-10-6-12-23(28)17-21)35-14-15-36-27(34)30-2/h6,10,12,17,20,22,24-25,29H,3-5,7-9,11,13-16,18-19H2,1-2H3,(H,30,34)(H,31,33)/t22-,24+,25?/m1/s1. The van der Waals surface area contributed by atoms with Gasteiger partial charge < -0.3 is 30.3 Å². The normalized spacial score (nSPS) is 20.4. The molecule has 1 aromatic rings. The van der Waals surface area contributed by atoms with Crippen LogP contribution in [0.4, 0.5) is 9.59 Å². The highest BCUT2D eigenvalue weighted by Crippen LogP contribution is 2.34. The van der Waals surface area contributed by atoms with Gasteiger partial charge in [-0.15, -0.1) is 0 Å². The number of hydrogen-bond donors (Lipinski definition) is 3. The number of carbonyl (C=O) groups is 2. The zero-order valence-electron chi connectivity index (χ0n) is 21.8. The Morgan fingerprint density at radius 1 is 1.11 bits per heavy atom. The number of halogens is 1. The van der Waals surface area contributed by atoms with E-state index in [9.17, 15) is 9.59 Å². The SMILES string of the molecule is CNC[C@H](CC1CCCCC1)NC(=O)N1CCC[C@@H](C(OCCOC(=O)NC)c2cccc(Cl)c2)C1. The summed E-state index contributed by atoms with van der Waals surface area (Å²) in [5.41, 5.74) is 0.972. The van der Waals surface area contributed by atoms with Crippen LogP contribution in [0.5, 0.6) is 0 Å². The summed E-state index contributed by atoms with van der Waals surface area (Å²) in [7, 11) is 3.47. The zero-order chi connectivity index (χ0) is 25.8. The number of ether oxygens (including phenoxy) is 2.